The van der Waals surface area contributed by atoms with Crippen LogP contribution in [0.2, 0.25) is 5.02 Å². The lowest BCUT2D eigenvalue weighted by Crippen LogP contribution is -2.36. The number of rotatable bonds is 7. The number of allylic oxidation sites excluding steroid dienone is 2. The zero-order valence-corrected chi connectivity index (χ0v) is 23.6. The van der Waals surface area contributed by atoms with Crippen molar-refractivity contribution in [2.24, 2.45) is 0 Å². The van der Waals surface area contributed by atoms with Gasteiger partial charge in [0, 0.05) is 23.0 Å². The van der Waals surface area contributed by atoms with Crippen LogP contribution in [-0.2, 0) is 17.4 Å². The summed E-state index contributed by atoms with van der Waals surface area (Å²) in [7, 11) is 0. The summed E-state index contributed by atoms with van der Waals surface area (Å²) < 4.78 is 43.6. The first-order valence-electron chi connectivity index (χ1n) is 12.5. The molecule has 0 aliphatic heterocycles. The number of carbonyl (C=O) groups excluding carboxylic acids is 1. The maximum absolute atomic E-state index is 12.8. The molecule has 0 bridgehead atoms. The average molecular weight is 560 g/mol. The lowest BCUT2D eigenvalue weighted by atomic mass is 9.95. The second-order valence-electron chi connectivity index (χ2n) is 7.73. The van der Waals surface area contributed by atoms with Crippen LogP contribution in [0.5, 0.6) is 5.88 Å². The summed E-state index contributed by atoms with van der Waals surface area (Å²) in [5, 5.41) is 12.7. The fraction of sp³-hybridized carbons (Fsp3) is 0.300. The van der Waals surface area contributed by atoms with Gasteiger partial charge in [-0.3, -0.25) is 4.79 Å². The summed E-state index contributed by atoms with van der Waals surface area (Å²) >= 11 is 5.99. The molecule has 39 heavy (non-hydrogen) atoms. The molecule has 3 aromatic rings. The molecule has 0 spiro atoms. The van der Waals surface area contributed by atoms with Gasteiger partial charge < -0.3 is 10.1 Å². The third-order valence-corrected chi connectivity index (χ3v) is 5.38. The van der Waals surface area contributed by atoms with E-state index in [-0.39, 0.29) is 5.88 Å². The first-order valence-corrected chi connectivity index (χ1v) is 12.9. The van der Waals surface area contributed by atoms with Crippen molar-refractivity contribution in [2.45, 2.75) is 60.2 Å². The summed E-state index contributed by atoms with van der Waals surface area (Å²) in [6, 6.07) is 18.3. The molecular formula is C30H33ClF3N3O2. The number of carbonyl (C=O) groups is 1. The summed E-state index contributed by atoms with van der Waals surface area (Å²) in [5.41, 5.74) is 2.58. The highest BCUT2D eigenvalue weighted by Crippen LogP contribution is 2.29. The van der Waals surface area contributed by atoms with Gasteiger partial charge in [0.05, 0.1) is 17.2 Å². The van der Waals surface area contributed by atoms with E-state index in [0.29, 0.717) is 28.9 Å². The van der Waals surface area contributed by atoms with Crippen molar-refractivity contribution < 1.29 is 22.7 Å². The van der Waals surface area contributed by atoms with E-state index in [1.165, 1.54) is 6.92 Å². The summed E-state index contributed by atoms with van der Waals surface area (Å²) in [5.74, 6) is -0.611. The van der Waals surface area contributed by atoms with E-state index in [9.17, 15) is 23.2 Å². The highest BCUT2D eigenvalue weighted by atomic mass is 35.5. The van der Waals surface area contributed by atoms with Crippen LogP contribution in [0.3, 0.4) is 0 Å². The molecule has 0 saturated carbocycles. The quantitative estimate of drug-likeness (QED) is 0.316. The van der Waals surface area contributed by atoms with Crippen LogP contribution in [0.15, 0.2) is 72.6 Å². The lowest BCUT2D eigenvalue weighted by Gasteiger charge is -2.18. The molecule has 1 unspecified atom stereocenters. The number of nitrogens with one attached hydrogen (secondary N) is 1. The van der Waals surface area contributed by atoms with Crippen molar-refractivity contribution in [1.29, 1.82) is 5.26 Å². The van der Waals surface area contributed by atoms with Gasteiger partial charge in [0.15, 0.2) is 6.10 Å². The third kappa shape index (κ3) is 10.5. The molecule has 1 atom stereocenters. The third-order valence-electron chi connectivity index (χ3n) is 5.13. The molecule has 2 aromatic carbocycles. The Morgan fingerprint density at radius 1 is 1.08 bits per heavy atom. The fourth-order valence-electron chi connectivity index (χ4n) is 3.25. The largest absolute Gasteiger partial charge is 0.465 e. The number of hydrogen-bond acceptors (Lipinski definition) is 4. The van der Waals surface area contributed by atoms with Crippen LogP contribution in [0.25, 0.3) is 5.57 Å². The summed E-state index contributed by atoms with van der Waals surface area (Å²) in [6.45, 7) is 11.2. The number of amides is 1. The van der Waals surface area contributed by atoms with Crippen LogP contribution >= 0.6 is 11.6 Å². The average Bonchev–Trinajstić information content (AvgIpc) is 2.94. The van der Waals surface area contributed by atoms with Gasteiger partial charge in [-0.15, -0.1) is 0 Å². The molecule has 9 heteroatoms. The zero-order valence-electron chi connectivity index (χ0n) is 22.9. The Bertz CT molecular complexity index is 1270. The number of ether oxygens (including phenoxy) is 1. The molecule has 0 saturated heterocycles. The number of alkyl halides is 3. The van der Waals surface area contributed by atoms with Crippen molar-refractivity contribution in [3.63, 3.8) is 0 Å². The van der Waals surface area contributed by atoms with E-state index in [1.807, 2.05) is 45.9 Å². The number of nitrogens with zero attached hydrogens (tertiary/aromatic N) is 2. The first-order chi connectivity index (χ1) is 18.6. The minimum atomic E-state index is -4.51. The van der Waals surface area contributed by atoms with Crippen LogP contribution in [0, 0.1) is 11.3 Å². The molecule has 0 radical (unpaired) electrons. The minimum absolute atomic E-state index is 0.106. The standard InChI is InChI=1S/C26H21ClF3N3O2.2C2H6/c1-16(33-25(34)17(2)35-24-11-8-21(15-32-24)26(28,29)30)23(13-18-6-9-22(27)10-7-18)20-5-3-4-19(12-20)14-31;2*1-2/h3-12,15,17H,13H2,1-2H3,(H,33,34);2*1-2H3/b23-16-;;. The number of nitriles is 1. The Morgan fingerprint density at radius 2 is 1.72 bits per heavy atom. The molecule has 5 nitrogen and oxygen atoms in total. The molecule has 0 aliphatic rings. The van der Waals surface area contributed by atoms with Crippen LogP contribution in [0.4, 0.5) is 13.2 Å². The predicted molar refractivity (Wildman–Crippen MR) is 149 cm³/mol. The van der Waals surface area contributed by atoms with E-state index in [4.69, 9.17) is 16.3 Å². The number of aromatic nitrogens is 1. The molecule has 208 valence electrons. The van der Waals surface area contributed by atoms with E-state index < -0.39 is 23.8 Å². The Balaban J connectivity index is 0.00000181. The topological polar surface area (TPSA) is 75.0 Å². The maximum atomic E-state index is 12.8. The summed E-state index contributed by atoms with van der Waals surface area (Å²) in [4.78, 5) is 16.4. The number of pyridine rings is 1. The van der Waals surface area contributed by atoms with E-state index in [2.05, 4.69) is 16.4 Å². The summed E-state index contributed by atoms with van der Waals surface area (Å²) in [6.07, 6.45) is -4.44. The van der Waals surface area contributed by atoms with Gasteiger partial charge in [0.1, 0.15) is 0 Å². The molecule has 0 fully saturated rings. The molecule has 1 N–H and O–H groups in total. The van der Waals surface area contributed by atoms with Gasteiger partial charge in [-0.25, -0.2) is 4.98 Å². The number of benzene rings is 2. The van der Waals surface area contributed by atoms with Gasteiger partial charge in [-0.05, 0) is 67.3 Å². The van der Waals surface area contributed by atoms with Crippen molar-refractivity contribution in [2.75, 3.05) is 0 Å². The van der Waals surface area contributed by atoms with E-state index in [1.54, 1.807) is 37.3 Å². The second-order valence-corrected chi connectivity index (χ2v) is 8.17. The molecule has 0 aliphatic carbocycles. The van der Waals surface area contributed by atoms with Crippen molar-refractivity contribution in [3.05, 3.63) is 99.8 Å². The van der Waals surface area contributed by atoms with Gasteiger partial charge in [-0.1, -0.05) is 63.6 Å². The first kappa shape index (κ1) is 33.2. The molecule has 1 heterocycles. The van der Waals surface area contributed by atoms with Crippen molar-refractivity contribution in [3.8, 4) is 11.9 Å². The fourth-order valence-corrected chi connectivity index (χ4v) is 3.37. The van der Waals surface area contributed by atoms with Gasteiger partial charge in [-0.2, -0.15) is 18.4 Å². The Hall–Kier alpha value is -3.83. The van der Waals surface area contributed by atoms with Crippen molar-refractivity contribution in [1.82, 2.24) is 10.3 Å². The Morgan fingerprint density at radius 3 is 2.26 bits per heavy atom. The SMILES string of the molecule is C/C(NC(=O)C(C)Oc1ccc(C(F)(F)F)cn1)=C(\Cc1ccc(Cl)cc1)c1cccc(C#N)c1.CC.CC. The Kier molecular flexibility index (Phi) is 13.8. The number of halogens is 4. The maximum Gasteiger partial charge on any atom is 0.417 e. The molecule has 1 amide bonds. The second kappa shape index (κ2) is 16.2. The van der Waals surface area contributed by atoms with E-state index >= 15 is 0 Å². The van der Waals surface area contributed by atoms with Crippen molar-refractivity contribution >= 4 is 23.1 Å². The monoisotopic (exact) mass is 559 g/mol. The molecular weight excluding hydrogens is 527 g/mol. The predicted octanol–water partition coefficient (Wildman–Crippen LogP) is 8.24. The van der Waals surface area contributed by atoms with Gasteiger partial charge >= 0.3 is 6.18 Å². The minimum Gasteiger partial charge on any atom is -0.465 e. The van der Waals surface area contributed by atoms with Gasteiger partial charge in [0.25, 0.3) is 5.91 Å². The van der Waals surface area contributed by atoms with Gasteiger partial charge in [0.2, 0.25) is 5.88 Å². The highest BCUT2D eigenvalue weighted by Gasteiger charge is 2.31. The van der Waals surface area contributed by atoms with E-state index in [0.717, 1.165) is 28.8 Å². The number of hydrogen-bond donors (Lipinski definition) is 1. The zero-order chi connectivity index (χ0) is 29.6. The smallest absolute Gasteiger partial charge is 0.417 e. The normalized spacial score (nSPS) is 11.8. The van der Waals surface area contributed by atoms with Crippen LogP contribution < -0.4 is 10.1 Å². The molecule has 1 aromatic heterocycles. The van der Waals surface area contributed by atoms with Crippen LogP contribution in [0.1, 0.15) is 63.8 Å². The Labute approximate surface area is 233 Å². The molecule has 3 rings (SSSR count). The highest BCUT2D eigenvalue weighted by molar-refractivity contribution is 6.30. The lowest BCUT2D eigenvalue weighted by molar-refractivity contribution is -0.138. The van der Waals surface area contributed by atoms with Crippen LogP contribution in [-0.4, -0.2) is 17.0 Å².